The van der Waals surface area contributed by atoms with Crippen LogP contribution in [0.5, 0.6) is 0 Å². The summed E-state index contributed by atoms with van der Waals surface area (Å²) < 4.78 is 0. The topological polar surface area (TPSA) is 105 Å². The Morgan fingerprint density at radius 1 is 1.26 bits per heavy atom. The Balaban J connectivity index is 1.72. The summed E-state index contributed by atoms with van der Waals surface area (Å²) in [4.78, 5) is 17.6. The zero-order valence-electron chi connectivity index (χ0n) is 12.1. The van der Waals surface area contributed by atoms with Crippen molar-refractivity contribution in [3.8, 4) is 0 Å². The molecule has 3 rings (SSSR count). The van der Waals surface area contributed by atoms with Crippen molar-refractivity contribution >= 4 is 28.6 Å². The summed E-state index contributed by atoms with van der Waals surface area (Å²) in [6.45, 7) is 0. The first kappa shape index (κ1) is 15.0. The highest BCUT2D eigenvalue weighted by Crippen LogP contribution is 2.22. The Labute approximate surface area is 136 Å². The zero-order valence-corrected chi connectivity index (χ0v) is 12.9. The van der Waals surface area contributed by atoms with Crippen molar-refractivity contribution < 1.29 is 9.90 Å². The van der Waals surface area contributed by atoms with E-state index in [9.17, 15) is 9.90 Å². The number of rotatable bonds is 5. The normalized spacial score (nSPS) is 11.6. The second kappa shape index (κ2) is 6.45. The molecular formula is C16H14N4O2S. The molecular weight excluding hydrogens is 312 g/mol. The first-order valence-corrected chi connectivity index (χ1v) is 7.67. The average Bonchev–Trinajstić information content (AvgIpc) is 3.21. The van der Waals surface area contributed by atoms with Crippen LogP contribution in [0, 0.1) is 0 Å². The van der Waals surface area contributed by atoms with Gasteiger partial charge in [0.25, 0.3) is 0 Å². The molecule has 4 N–H and O–H groups in total. The quantitative estimate of drug-likeness (QED) is 0.289. The molecule has 0 aliphatic heterocycles. The van der Waals surface area contributed by atoms with Gasteiger partial charge in [0.15, 0.2) is 17.4 Å². The minimum atomic E-state index is -0.271. The third-order valence-corrected chi connectivity index (χ3v) is 4.29. The molecule has 6 nitrogen and oxygen atoms in total. The molecule has 0 unspecified atom stereocenters. The number of hydrogen-bond acceptors (Lipinski definition) is 6. The number of anilines is 1. The first-order valence-electron chi connectivity index (χ1n) is 6.85. The molecule has 0 radical (unpaired) electrons. The van der Waals surface area contributed by atoms with Crippen molar-refractivity contribution in [1.29, 1.82) is 0 Å². The van der Waals surface area contributed by atoms with Crippen LogP contribution in [0.4, 0.5) is 5.69 Å². The summed E-state index contributed by atoms with van der Waals surface area (Å²) in [5, 5.41) is 15.9. The average molecular weight is 326 g/mol. The van der Waals surface area contributed by atoms with E-state index >= 15 is 0 Å². The highest BCUT2D eigenvalue weighted by Gasteiger charge is 2.11. The van der Waals surface area contributed by atoms with Crippen molar-refractivity contribution in [3.63, 3.8) is 0 Å². The SMILES string of the molecule is Nc1ccc(Cc2ccc(C(=O)C=C(O)c3ncn[nH]3)s2)cc1. The molecule has 0 aliphatic carbocycles. The number of aromatic amines is 1. The number of nitrogens with zero attached hydrogens (tertiary/aromatic N) is 2. The van der Waals surface area contributed by atoms with Gasteiger partial charge in [-0.05, 0) is 29.8 Å². The van der Waals surface area contributed by atoms with Crippen LogP contribution < -0.4 is 5.73 Å². The lowest BCUT2D eigenvalue weighted by Gasteiger charge is -1.99. The number of nitrogens with two attached hydrogens (primary N) is 1. The Kier molecular flexibility index (Phi) is 4.20. The predicted molar refractivity (Wildman–Crippen MR) is 89.3 cm³/mol. The highest BCUT2D eigenvalue weighted by atomic mass is 32.1. The number of H-pyrrole nitrogens is 1. The summed E-state index contributed by atoms with van der Waals surface area (Å²) in [6, 6.07) is 11.3. The van der Waals surface area contributed by atoms with Gasteiger partial charge < -0.3 is 10.8 Å². The fourth-order valence-electron chi connectivity index (χ4n) is 2.03. The second-order valence-corrected chi connectivity index (χ2v) is 6.08. The minimum absolute atomic E-state index is 0.164. The lowest BCUT2D eigenvalue weighted by atomic mass is 10.1. The number of hydrogen-bond donors (Lipinski definition) is 3. The van der Waals surface area contributed by atoms with Gasteiger partial charge in [-0.3, -0.25) is 9.89 Å². The number of aliphatic hydroxyl groups excluding tert-OH is 1. The number of carbonyl (C=O) groups excluding carboxylic acids is 1. The highest BCUT2D eigenvalue weighted by molar-refractivity contribution is 7.14. The number of thiophene rings is 1. The van der Waals surface area contributed by atoms with Gasteiger partial charge in [-0.15, -0.1) is 11.3 Å². The number of ketones is 1. The van der Waals surface area contributed by atoms with Crippen LogP contribution in [0.3, 0.4) is 0 Å². The van der Waals surface area contributed by atoms with Gasteiger partial charge in [0.2, 0.25) is 0 Å². The van der Waals surface area contributed by atoms with Crippen molar-refractivity contribution in [2.45, 2.75) is 6.42 Å². The number of benzene rings is 1. The summed E-state index contributed by atoms with van der Waals surface area (Å²) in [6.07, 6.45) is 3.13. The fourth-order valence-corrected chi connectivity index (χ4v) is 2.99. The molecule has 2 aromatic heterocycles. The Morgan fingerprint density at radius 2 is 2.04 bits per heavy atom. The molecule has 0 atom stereocenters. The van der Waals surface area contributed by atoms with Crippen molar-refractivity contribution in [1.82, 2.24) is 15.2 Å². The van der Waals surface area contributed by atoms with Crippen LogP contribution in [0.1, 0.15) is 25.9 Å². The molecule has 0 bridgehead atoms. The van der Waals surface area contributed by atoms with E-state index in [1.165, 1.54) is 17.7 Å². The van der Waals surface area contributed by atoms with Gasteiger partial charge in [-0.1, -0.05) is 12.1 Å². The maximum absolute atomic E-state index is 12.2. The first-order chi connectivity index (χ1) is 11.1. The standard InChI is InChI=1S/C16H14N4O2S/c17-11-3-1-10(2-4-11)7-12-5-6-15(23-12)13(21)8-14(22)16-18-9-19-20-16/h1-6,8-9,22H,7,17H2,(H,18,19,20). The van der Waals surface area contributed by atoms with Crippen LogP contribution in [-0.2, 0) is 6.42 Å². The van der Waals surface area contributed by atoms with E-state index < -0.39 is 0 Å². The molecule has 1 aromatic carbocycles. The van der Waals surface area contributed by atoms with Gasteiger partial charge in [-0.25, -0.2) is 4.98 Å². The number of aromatic nitrogens is 3. The second-order valence-electron chi connectivity index (χ2n) is 4.91. The fraction of sp³-hybridized carbons (Fsp3) is 0.0625. The molecule has 3 aromatic rings. The Hall–Kier alpha value is -2.93. The van der Waals surface area contributed by atoms with Crippen LogP contribution >= 0.6 is 11.3 Å². The lowest BCUT2D eigenvalue weighted by Crippen LogP contribution is -1.94. The number of carbonyl (C=O) groups is 1. The van der Waals surface area contributed by atoms with Crippen LogP contribution in [0.2, 0.25) is 0 Å². The smallest absolute Gasteiger partial charge is 0.199 e. The van der Waals surface area contributed by atoms with E-state index in [0.29, 0.717) is 4.88 Å². The molecule has 2 heterocycles. The number of nitrogens with one attached hydrogen (secondary N) is 1. The number of nitrogen functional groups attached to an aromatic ring is 1. The monoisotopic (exact) mass is 326 g/mol. The van der Waals surface area contributed by atoms with E-state index in [4.69, 9.17) is 5.73 Å². The van der Waals surface area contributed by atoms with Crippen LogP contribution in [0.25, 0.3) is 5.76 Å². The van der Waals surface area contributed by atoms with Gasteiger partial charge >= 0.3 is 0 Å². The van der Waals surface area contributed by atoms with Crippen LogP contribution in [-0.4, -0.2) is 26.1 Å². The van der Waals surface area contributed by atoms with Gasteiger partial charge in [-0.2, -0.15) is 5.10 Å². The largest absolute Gasteiger partial charge is 0.504 e. The molecule has 0 fully saturated rings. The van der Waals surface area contributed by atoms with Crippen molar-refractivity contribution in [2.24, 2.45) is 0 Å². The molecule has 0 spiro atoms. The molecule has 116 valence electrons. The van der Waals surface area contributed by atoms with Crippen molar-refractivity contribution in [3.05, 3.63) is 69.9 Å². The van der Waals surface area contributed by atoms with E-state index in [-0.39, 0.29) is 17.4 Å². The third-order valence-electron chi connectivity index (χ3n) is 3.19. The summed E-state index contributed by atoms with van der Waals surface area (Å²) in [5.74, 6) is -0.342. The third kappa shape index (κ3) is 3.64. The maximum atomic E-state index is 12.2. The number of allylic oxidation sites excluding steroid dienone is 1. The molecule has 7 heteroatoms. The summed E-state index contributed by atoms with van der Waals surface area (Å²) in [5.41, 5.74) is 7.52. The zero-order chi connectivity index (χ0) is 16.2. The number of aliphatic hydroxyl groups is 1. The maximum Gasteiger partial charge on any atom is 0.199 e. The van der Waals surface area contributed by atoms with Crippen molar-refractivity contribution in [2.75, 3.05) is 5.73 Å². The van der Waals surface area contributed by atoms with E-state index in [1.807, 2.05) is 30.3 Å². The lowest BCUT2D eigenvalue weighted by molar-refractivity contribution is 0.104. The predicted octanol–water partition coefficient (Wildman–Crippen LogP) is 2.82. The van der Waals surface area contributed by atoms with Gasteiger partial charge in [0.1, 0.15) is 6.33 Å². The summed E-state index contributed by atoms with van der Waals surface area (Å²) in [7, 11) is 0. The molecule has 0 saturated carbocycles. The molecule has 23 heavy (non-hydrogen) atoms. The van der Waals surface area contributed by atoms with E-state index in [2.05, 4.69) is 15.2 Å². The van der Waals surface area contributed by atoms with E-state index in [0.717, 1.165) is 28.6 Å². The van der Waals surface area contributed by atoms with Gasteiger partial charge in [0, 0.05) is 23.1 Å². The summed E-state index contributed by atoms with van der Waals surface area (Å²) >= 11 is 1.40. The Morgan fingerprint density at radius 3 is 2.74 bits per heavy atom. The van der Waals surface area contributed by atoms with Gasteiger partial charge in [0.05, 0.1) is 4.88 Å². The van der Waals surface area contributed by atoms with Crippen LogP contribution in [0.15, 0.2) is 48.8 Å². The molecule has 0 amide bonds. The molecule has 0 saturated heterocycles. The van der Waals surface area contributed by atoms with E-state index in [1.54, 1.807) is 6.07 Å². The minimum Gasteiger partial charge on any atom is -0.504 e. The molecule has 0 aliphatic rings. The Bertz CT molecular complexity index is 835.